The summed E-state index contributed by atoms with van der Waals surface area (Å²) in [5.41, 5.74) is 0.558. The number of aliphatic hydroxyl groups excluding tert-OH is 1. The third-order valence-electron chi connectivity index (χ3n) is 6.40. The molecule has 7 heteroatoms. The van der Waals surface area contributed by atoms with Crippen LogP contribution < -0.4 is 10.2 Å². The van der Waals surface area contributed by atoms with Crippen LogP contribution in [0.4, 0.5) is 5.82 Å². The molecule has 3 rings (SSSR count). The zero-order chi connectivity index (χ0) is 21.7. The smallest absolute Gasteiger partial charge is 0.217 e. The Morgan fingerprint density at radius 1 is 1.13 bits per heavy atom. The van der Waals surface area contributed by atoms with Crippen LogP contribution in [0.1, 0.15) is 71.3 Å². The Hall–Kier alpha value is -1.73. The van der Waals surface area contributed by atoms with E-state index in [4.69, 9.17) is 4.98 Å². The summed E-state index contributed by atoms with van der Waals surface area (Å²) in [6.45, 7) is 13.0. The minimum atomic E-state index is -0.138. The highest BCUT2D eigenvalue weighted by molar-refractivity contribution is 5.73. The number of aliphatic hydroxyl groups is 1. The summed E-state index contributed by atoms with van der Waals surface area (Å²) in [5, 5.41) is 12.7. The summed E-state index contributed by atoms with van der Waals surface area (Å²) in [5.74, 6) is 2.62. The highest BCUT2D eigenvalue weighted by atomic mass is 16.3. The fourth-order valence-corrected chi connectivity index (χ4v) is 4.51. The minimum absolute atomic E-state index is 0.0528. The average molecular weight is 418 g/mol. The fourth-order valence-electron chi connectivity index (χ4n) is 4.51. The zero-order valence-corrected chi connectivity index (χ0v) is 19.2. The van der Waals surface area contributed by atoms with E-state index in [1.807, 2.05) is 6.07 Å². The first-order valence-corrected chi connectivity index (χ1v) is 11.5. The van der Waals surface area contributed by atoms with Crippen LogP contribution in [0.25, 0.3) is 0 Å². The van der Waals surface area contributed by atoms with E-state index in [9.17, 15) is 9.90 Å². The quantitative estimate of drug-likeness (QED) is 0.740. The number of piperazine rings is 1. The molecule has 2 fully saturated rings. The highest BCUT2D eigenvalue weighted by Gasteiger charge is 2.25. The van der Waals surface area contributed by atoms with Crippen LogP contribution in [0.15, 0.2) is 6.07 Å². The first kappa shape index (κ1) is 22.9. The summed E-state index contributed by atoms with van der Waals surface area (Å²) in [6, 6.07) is 2.32. The van der Waals surface area contributed by atoms with Gasteiger partial charge in [-0.15, -0.1) is 0 Å². The van der Waals surface area contributed by atoms with Crippen molar-refractivity contribution in [2.45, 2.75) is 77.9 Å². The Morgan fingerprint density at radius 2 is 1.80 bits per heavy atom. The largest absolute Gasteiger partial charge is 0.390 e. The predicted octanol–water partition coefficient (Wildman–Crippen LogP) is 2.47. The molecule has 1 aromatic heterocycles. The van der Waals surface area contributed by atoms with Crippen LogP contribution >= 0.6 is 0 Å². The van der Waals surface area contributed by atoms with Gasteiger partial charge in [-0.1, -0.05) is 20.8 Å². The van der Waals surface area contributed by atoms with E-state index < -0.39 is 0 Å². The van der Waals surface area contributed by atoms with Crippen LogP contribution in [0, 0.1) is 5.92 Å². The molecule has 1 saturated heterocycles. The topological polar surface area (TPSA) is 81.6 Å². The van der Waals surface area contributed by atoms with Crippen LogP contribution in [-0.2, 0) is 16.8 Å². The number of hydrogen-bond donors (Lipinski definition) is 2. The van der Waals surface area contributed by atoms with E-state index in [1.165, 1.54) is 19.3 Å². The Bertz CT molecular complexity index is 702. The van der Waals surface area contributed by atoms with E-state index >= 15 is 0 Å². The van der Waals surface area contributed by atoms with Crippen LogP contribution in [0.5, 0.6) is 0 Å². The summed E-state index contributed by atoms with van der Waals surface area (Å²) in [6.07, 6.45) is 5.95. The maximum absolute atomic E-state index is 11.2. The maximum atomic E-state index is 11.2. The summed E-state index contributed by atoms with van der Waals surface area (Å²) >= 11 is 0. The molecule has 30 heavy (non-hydrogen) atoms. The predicted molar refractivity (Wildman–Crippen MR) is 119 cm³/mol. The van der Waals surface area contributed by atoms with Gasteiger partial charge in [-0.2, -0.15) is 0 Å². The molecule has 0 atom stereocenters. The summed E-state index contributed by atoms with van der Waals surface area (Å²) in [7, 11) is 0. The van der Waals surface area contributed by atoms with Gasteiger partial charge in [-0.3, -0.25) is 9.69 Å². The zero-order valence-electron chi connectivity index (χ0n) is 19.2. The van der Waals surface area contributed by atoms with Gasteiger partial charge in [0, 0.05) is 50.6 Å². The van der Waals surface area contributed by atoms with Gasteiger partial charge in [0.1, 0.15) is 11.6 Å². The molecule has 1 amide bonds. The monoisotopic (exact) mass is 417 g/mol. The van der Waals surface area contributed by atoms with Crippen molar-refractivity contribution >= 4 is 11.7 Å². The molecule has 2 N–H and O–H groups in total. The molecular weight excluding hydrogens is 378 g/mol. The average Bonchev–Trinajstić information content (AvgIpc) is 2.72. The van der Waals surface area contributed by atoms with Crippen molar-refractivity contribution in [3.05, 3.63) is 17.6 Å². The molecule has 1 aliphatic heterocycles. The van der Waals surface area contributed by atoms with E-state index in [1.54, 1.807) is 6.92 Å². The molecule has 1 aromatic rings. The minimum Gasteiger partial charge on any atom is -0.390 e. The SMILES string of the molecule is CC(=O)NC1CCC(CCN2CCN(c3cc(CO)nc(C(C)(C)C)n3)CC2)CC1. The number of hydrogen-bond acceptors (Lipinski definition) is 6. The molecule has 0 unspecified atom stereocenters. The molecule has 1 saturated carbocycles. The van der Waals surface area contributed by atoms with Crippen molar-refractivity contribution in [1.29, 1.82) is 0 Å². The summed E-state index contributed by atoms with van der Waals surface area (Å²) in [4.78, 5) is 25.4. The third-order valence-corrected chi connectivity index (χ3v) is 6.40. The van der Waals surface area contributed by atoms with Gasteiger partial charge in [0.15, 0.2) is 0 Å². The van der Waals surface area contributed by atoms with Crippen molar-refractivity contribution in [3.63, 3.8) is 0 Å². The second kappa shape index (κ2) is 10.1. The van der Waals surface area contributed by atoms with Gasteiger partial charge in [0.2, 0.25) is 5.91 Å². The lowest BCUT2D eigenvalue weighted by molar-refractivity contribution is -0.119. The Labute approximate surface area is 181 Å². The normalized spacial score (nSPS) is 23.4. The molecular formula is C23H39N5O2. The maximum Gasteiger partial charge on any atom is 0.217 e. The first-order valence-electron chi connectivity index (χ1n) is 11.5. The molecule has 2 heterocycles. The van der Waals surface area contributed by atoms with Gasteiger partial charge < -0.3 is 15.3 Å². The van der Waals surface area contributed by atoms with Gasteiger partial charge in [-0.25, -0.2) is 9.97 Å². The number of rotatable bonds is 6. The number of amides is 1. The second-order valence-electron chi connectivity index (χ2n) is 9.98. The van der Waals surface area contributed by atoms with E-state index in [0.717, 1.165) is 63.1 Å². The Balaban J connectivity index is 1.46. The third kappa shape index (κ3) is 6.38. The standard InChI is InChI=1S/C23H39N5O2/c1-17(30)24-19-7-5-18(6-8-19)9-10-27-11-13-28(14-12-27)21-15-20(16-29)25-22(26-21)23(2,3)4/h15,18-19,29H,5-14,16H2,1-4H3,(H,24,30). The lowest BCUT2D eigenvalue weighted by Gasteiger charge is -2.37. The molecule has 2 aliphatic rings. The molecule has 0 spiro atoms. The second-order valence-corrected chi connectivity index (χ2v) is 9.98. The van der Waals surface area contributed by atoms with Crippen molar-refractivity contribution < 1.29 is 9.90 Å². The molecule has 0 aromatic carbocycles. The molecule has 0 radical (unpaired) electrons. The van der Waals surface area contributed by atoms with Crippen molar-refractivity contribution in [2.75, 3.05) is 37.6 Å². The van der Waals surface area contributed by atoms with E-state index in [2.05, 4.69) is 40.9 Å². The molecule has 7 nitrogen and oxygen atoms in total. The number of nitrogens with zero attached hydrogens (tertiary/aromatic N) is 4. The lowest BCUT2D eigenvalue weighted by atomic mass is 9.84. The molecule has 0 bridgehead atoms. The van der Waals surface area contributed by atoms with E-state index in [0.29, 0.717) is 11.7 Å². The van der Waals surface area contributed by atoms with Crippen molar-refractivity contribution in [1.82, 2.24) is 20.2 Å². The molecule has 168 valence electrons. The van der Waals surface area contributed by atoms with Gasteiger partial charge in [0.05, 0.1) is 12.3 Å². The van der Waals surface area contributed by atoms with Crippen LogP contribution in [-0.4, -0.2) is 64.6 Å². The number of nitrogens with one attached hydrogen (secondary N) is 1. The highest BCUT2D eigenvalue weighted by Crippen LogP contribution is 2.28. The number of carbonyl (C=O) groups excluding carboxylic acids is 1. The van der Waals surface area contributed by atoms with Gasteiger partial charge in [-0.05, 0) is 44.6 Å². The fraction of sp³-hybridized carbons (Fsp3) is 0.783. The number of carbonyl (C=O) groups is 1. The van der Waals surface area contributed by atoms with Gasteiger partial charge >= 0.3 is 0 Å². The lowest BCUT2D eigenvalue weighted by Crippen LogP contribution is -2.47. The Kier molecular flexibility index (Phi) is 7.69. The number of aromatic nitrogens is 2. The molecule has 1 aliphatic carbocycles. The van der Waals surface area contributed by atoms with Crippen molar-refractivity contribution in [3.8, 4) is 0 Å². The first-order chi connectivity index (χ1) is 14.2. The van der Waals surface area contributed by atoms with Crippen LogP contribution in [0.3, 0.4) is 0 Å². The van der Waals surface area contributed by atoms with Crippen molar-refractivity contribution in [2.24, 2.45) is 5.92 Å². The van der Waals surface area contributed by atoms with Crippen LogP contribution in [0.2, 0.25) is 0 Å². The summed E-state index contributed by atoms with van der Waals surface area (Å²) < 4.78 is 0. The Morgan fingerprint density at radius 3 is 2.37 bits per heavy atom. The van der Waals surface area contributed by atoms with Gasteiger partial charge in [0.25, 0.3) is 0 Å². The van der Waals surface area contributed by atoms with E-state index in [-0.39, 0.29) is 17.9 Å². The number of anilines is 1.